The molecule has 18 heavy (non-hydrogen) atoms. The summed E-state index contributed by atoms with van der Waals surface area (Å²) in [5.74, 6) is 1.40. The Morgan fingerprint density at radius 2 is 1.83 bits per heavy atom. The summed E-state index contributed by atoms with van der Waals surface area (Å²) in [5.41, 5.74) is 3.58. The van der Waals surface area contributed by atoms with Gasteiger partial charge < -0.3 is 0 Å². The summed E-state index contributed by atoms with van der Waals surface area (Å²) in [4.78, 5) is 8.86. The SMILES string of the molecule is CC1(C)CCC(C)(C)C2c3ncncc3CCC21. The summed E-state index contributed by atoms with van der Waals surface area (Å²) in [6.45, 7) is 9.76. The van der Waals surface area contributed by atoms with Gasteiger partial charge in [-0.3, -0.25) is 0 Å². The zero-order valence-corrected chi connectivity index (χ0v) is 12.0. The van der Waals surface area contributed by atoms with Crippen molar-refractivity contribution in [1.82, 2.24) is 9.97 Å². The lowest BCUT2D eigenvalue weighted by atomic mass is 9.51. The van der Waals surface area contributed by atoms with Crippen LogP contribution in [-0.2, 0) is 6.42 Å². The van der Waals surface area contributed by atoms with E-state index in [2.05, 4.69) is 37.7 Å². The first kappa shape index (κ1) is 12.1. The van der Waals surface area contributed by atoms with Gasteiger partial charge in [0, 0.05) is 12.1 Å². The first-order valence-electron chi connectivity index (χ1n) is 7.21. The summed E-state index contributed by atoms with van der Waals surface area (Å²) < 4.78 is 0. The standard InChI is InChI=1S/C16H24N2/c1-15(2)7-8-16(3,4)13-12(15)6-5-11-9-17-10-18-14(11)13/h9-10,12-13H,5-8H2,1-4H3. The number of aryl methyl sites for hydroxylation is 1. The molecule has 1 aromatic heterocycles. The van der Waals surface area contributed by atoms with Gasteiger partial charge in [0.2, 0.25) is 0 Å². The zero-order chi connectivity index (χ0) is 13.0. The van der Waals surface area contributed by atoms with Gasteiger partial charge in [-0.15, -0.1) is 0 Å². The molecule has 0 radical (unpaired) electrons. The van der Waals surface area contributed by atoms with Crippen molar-refractivity contribution < 1.29 is 0 Å². The monoisotopic (exact) mass is 244 g/mol. The van der Waals surface area contributed by atoms with E-state index >= 15 is 0 Å². The van der Waals surface area contributed by atoms with E-state index in [0.29, 0.717) is 16.7 Å². The lowest BCUT2D eigenvalue weighted by Crippen LogP contribution is -2.45. The molecular formula is C16H24N2. The molecule has 3 rings (SSSR count). The van der Waals surface area contributed by atoms with Crippen molar-refractivity contribution in [3.8, 4) is 0 Å². The van der Waals surface area contributed by atoms with Crippen molar-refractivity contribution in [2.75, 3.05) is 0 Å². The van der Waals surface area contributed by atoms with Gasteiger partial charge in [0.1, 0.15) is 6.33 Å². The molecule has 0 saturated heterocycles. The second-order valence-electron chi connectivity index (χ2n) is 7.53. The van der Waals surface area contributed by atoms with Crippen LogP contribution in [0.5, 0.6) is 0 Å². The van der Waals surface area contributed by atoms with Crippen molar-refractivity contribution in [2.24, 2.45) is 16.7 Å². The molecule has 2 nitrogen and oxygen atoms in total. The van der Waals surface area contributed by atoms with Gasteiger partial charge >= 0.3 is 0 Å². The van der Waals surface area contributed by atoms with Crippen LogP contribution in [0, 0.1) is 16.7 Å². The van der Waals surface area contributed by atoms with Gasteiger partial charge in [-0.05, 0) is 48.0 Å². The predicted molar refractivity (Wildman–Crippen MR) is 73.4 cm³/mol. The van der Waals surface area contributed by atoms with E-state index in [-0.39, 0.29) is 0 Å². The third kappa shape index (κ3) is 1.69. The van der Waals surface area contributed by atoms with Crippen LogP contribution in [0.1, 0.15) is 64.1 Å². The first-order chi connectivity index (χ1) is 8.42. The molecule has 1 fully saturated rings. The zero-order valence-electron chi connectivity index (χ0n) is 12.0. The Kier molecular flexibility index (Phi) is 2.55. The first-order valence-corrected chi connectivity index (χ1v) is 7.21. The van der Waals surface area contributed by atoms with Crippen LogP contribution in [0.4, 0.5) is 0 Å². The summed E-state index contributed by atoms with van der Waals surface area (Å²) >= 11 is 0. The number of hydrogen-bond donors (Lipinski definition) is 0. The molecule has 1 heterocycles. The lowest BCUT2D eigenvalue weighted by molar-refractivity contribution is 0.0112. The third-order valence-electron chi connectivity index (χ3n) is 5.50. The molecule has 2 heteroatoms. The Morgan fingerprint density at radius 3 is 2.61 bits per heavy atom. The highest BCUT2D eigenvalue weighted by Crippen LogP contribution is 2.59. The lowest BCUT2D eigenvalue weighted by Gasteiger charge is -2.54. The Balaban J connectivity index is 2.11. The number of rotatable bonds is 0. The topological polar surface area (TPSA) is 25.8 Å². The van der Waals surface area contributed by atoms with Gasteiger partial charge in [-0.1, -0.05) is 27.7 Å². The summed E-state index contributed by atoms with van der Waals surface area (Å²) in [5, 5.41) is 0. The summed E-state index contributed by atoms with van der Waals surface area (Å²) in [6, 6.07) is 0. The minimum atomic E-state index is 0.379. The molecule has 2 unspecified atom stereocenters. The number of nitrogens with zero attached hydrogens (tertiary/aromatic N) is 2. The van der Waals surface area contributed by atoms with Gasteiger partial charge in [-0.2, -0.15) is 0 Å². The molecule has 0 amide bonds. The van der Waals surface area contributed by atoms with E-state index in [1.54, 1.807) is 6.33 Å². The number of hydrogen-bond acceptors (Lipinski definition) is 2. The number of fused-ring (bicyclic) bond motifs is 3. The van der Waals surface area contributed by atoms with Crippen LogP contribution < -0.4 is 0 Å². The fraction of sp³-hybridized carbons (Fsp3) is 0.750. The fourth-order valence-corrected chi connectivity index (χ4v) is 4.25. The normalized spacial score (nSPS) is 32.4. The van der Waals surface area contributed by atoms with Gasteiger partial charge in [0.25, 0.3) is 0 Å². The Labute approximate surface area is 110 Å². The molecule has 2 atom stereocenters. The summed E-state index contributed by atoms with van der Waals surface area (Å²) in [6.07, 6.45) is 8.90. The van der Waals surface area contributed by atoms with Gasteiger partial charge in [-0.25, -0.2) is 9.97 Å². The molecule has 2 aliphatic carbocycles. The smallest absolute Gasteiger partial charge is 0.115 e. The maximum atomic E-state index is 4.65. The summed E-state index contributed by atoms with van der Waals surface area (Å²) in [7, 11) is 0. The van der Waals surface area contributed by atoms with Crippen molar-refractivity contribution in [3.05, 3.63) is 23.8 Å². The van der Waals surface area contributed by atoms with Crippen LogP contribution in [-0.4, -0.2) is 9.97 Å². The van der Waals surface area contributed by atoms with Crippen molar-refractivity contribution in [2.45, 2.75) is 59.3 Å². The fourth-order valence-electron chi connectivity index (χ4n) is 4.25. The Bertz CT molecular complexity index is 462. The maximum absolute atomic E-state index is 4.65. The van der Waals surface area contributed by atoms with Crippen LogP contribution in [0.2, 0.25) is 0 Å². The van der Waals surface area contributed by atoms with Crippen LogP contribution in [0.3, 0.4) is 0 Å². The minimum absolute atomic E-state index is 0.379. The number of aromatic nitrogens is 2. The largest absolute Gasteiger partial charge is 0.245 e. The molecular weight excluding hydrogens is 220 g/mol. The minimum Gasteiger partial charge on any atom is -0.245 e. The van der Waals surface area contributed by atoms with Crippen molar-refractivity contribution in [3.63, 3.8) is 0 Å². The highest BCUT2D eigenvalue weighted by atomic mass is 14.8. The molecule has 0 N–H and O–H groups in total. The van der Waals surface area contributed by atoms with Crippen LogP contribution >= 0.6 is 0 Å². The van der Waals surface area contributed by atoms with E-state index in [9.17, 15) is 0 Å². The quantitative estimate of drug-likeness (QED) is 0.690. The Morgan fingerprint density at radius 1 is 1.11 bits per heavy atom. The van der Waals surface area contributed by atoms with E-state index in [1.807, 2.05) is 6.20 Å². The second-order valence-corrected chi connectivity index (χ2v) is 7.53. The molecule has 0 spiro atoms. The van der Waals surface area contributed by atoms with E-state index in [4.69, 9.17) is 0 Å². The van der Waals surface area contributed by atoms with Crippen molar-refractivity contribution in [1.29, 1.82) is 0 Å². The van der Waals surface area contributed by atoms with Crippen LogP contribution in [0.15, 0.2) is 12.5 Å². The molecule has 1 saturated carbocycles. The van der Waals surface area contributed by atoms with E-state index in [1.165, 1.54) is 30.5 Å². The predicted octanol–water partition coefficient (Wildman–Crippen LogP) is 3.97. The molecule has 98 valence electrons. The Hall–Kier alpha value is -0.920. The molecule has 1 aromatic rings. The van der Waals surface area contributed by atoms with E-state index in [0.717, 1.165) is 12.3 Å². The van der Waals surface area contributed by atoms with Crippen LogP contribution in [0.25, 0.3) is 0 Å². The molecule has 2 aliphatic rings. The molecule has 0 aromatic carbocycles. The average molecular weight is 244 g/mol. The van der Waals surface area contributed by atoms with E-state index < -0.39 is 0 Å². The third-order valence-corrected chi connectivity index (χ3v) is 5.50. The van der Waals surface area contributed by atoms with Crippen molar-refractivity contribution >= 4 is 0 Å². The maximum Gasteiger partial charge on any atom is 0.115 e. The van der Waals surface area contributed by atoms with Gasteiger partial charge in [0.05, 0.1) is 5.69 Å². The molecule has 0 bridgehead atoms. The average Bonchev–Trinajstić information content (AvgIpc) is 2.34. The highest BCUT2D eigenvalue weighted by Gasteiger charge is 2.50. The van der Waals surface area contributed by atoms with Gasteiger partial charge in [0.15, 0.2) is 0 Å². The molecule has 0 aliphatic heterocycles. The highest BCUT2D eigenvalue weighted by molar-refractivity contribution is 5.28. The second kappa shape index (κ2) is 3.79.